The molecule has 5 nitrogen and oxygen atoms in total. The lowest BCUT2D eigenvalue weighted by molar-refractivity contribution is 0.153. The van der Waals surface area contributed by atoms with E-state index in [0.29, 0.717) is 32.6 Å². The number of nitrogens with one attached hydrogen (secondary N) is 2. The molecule has 0 atom stereocenters. The van der Waals surface area contributed by atoms with Gasteiger partial charge in [-0.1, -0.05) is 0 Å². The van der Waals surface area contributed by atoms with Crippen molar-refractivity contribution in [2.75, 3.05) is 32.8 Å². The zero-order chi connectivity index (χ0) is 11.1. The molecule has 0 aromatic heterocycles. The molecule has 0 amide bonds. The van der Waals surface area contributed by atoms with Gasteiger partial charge < -0.3 is 10.1 Å². The van der Waals surface area contributed by atoms with Crippen LogP contribution in [-0.2, 0) is 14.8 Å². The van der Waals surface area contributed by atoms with E-state index < -0.39 is 10.0 Å². The normalized spacial score (nSPS) is 19.3. The molecule has 0 aromatic rings. The van der Waals surface area contributed by atoms with Crippen LogP contribution in [0.25, 0.3) is 0 Å². The number of sulfonamides is 1. The Balaban J connectivity index is 2.30. The lowest BCUT2D eigenvalue weighted by atomic mass is 10.2. The van der Waals surface area contributed by atoms with E-state index in [0.717, 1.165) is 13.1 Å². The van der Waals surface area contributed by atoms with Gasteiger partial charge in [0.1, 0.15) is 0 Å². The first-order chi connectivity index (χ1) is 7.17. The maximum absolute atomic E-state index is 11.8. The van der Waals surface area contributed by atoms with Gasteiger partial charge in [-0.2, -0.15) is 0 Å². The first kappa shape index (κ1) is 12.9. The second-order valence-electron chi connectivity index (χ2n) is 3.59. The number of ether oxygens (including phenoxy) is 1. The first-order valence-electron chi connectivity index (χ1n) is 5.43. The van der Waals surface area contributed by atoms with E-state index in [1.807, 2.05) is 6.92 Å². The van der Waals surface area contributed by atoms with Crippen LogP contribution < -0.4 is 10.0 Å². The minimum atomic E-state index is -3.13. The quantitative estimate of drug-likeness (QED) is 0.621. The van der Waals surface area contributed by atoms with E-state index in [1.54, 1.807) is 0 Å². The zero-order valence-electron chi connectivity index (χ0n) is 9.16. The third-order valence-electron chi connectivity index (χ3n) is 2.48. The predicted octanol–water partition coefficient (Wildman–Crippen LogP) is -0.306. The van der Waals surface area contributed by atoms with Crippen LogP contribution in [0.2, 0.25) is 0 Å². The third-order valence-corrected chi connectivity index (χ3v) is 4.43. The predicted molar refractivity (Wildman–Crippen MR) is 59.3 cm³/mol. The number of rotatable bonds is 6. The highest BCUT2D eigenvalue weighted by Crippen LogP contribution is 2.11. The fourth-order valence-electron chi connectivity index (χ4n) is 1.62. The molecule has 1 fully saturated rings. The molecule has 90 valence electrons. The molecule has 1 saturated heterocycles. The van der Waals surface area contributed by atoms with Gasteiger partial charge in [0, 0.05) is 13.2 Å². The molecule has 1 heterocycles. The highest BCUT2D eigenvalue weighted by Gasteiger charge is 2.26. The van der Waals surface area contributed by atoms with E-state index in [-0.39, 0.29) is 5.25 Å². The summed E-state index contributed by atoms with van der Waals surface area (Å²) in [6.45, 7) is 4.91. The maximum Gasteiger partial charge on any atom is 0.214 e. The smallest absolute Gasteiger partial charge is 0.214 e. The van der Waals surface area contributed by atoms with Gasteiger partial charge in [0.2, 0.25) is 10.0 Å². The Hall–Kier alpha value is -0.170. The Labute approximate surface area is 91.6 Å². The lowest BCUT2D eigenvalue weighted by Crippen LogP contribution is -2.42. The minimum Gasteiger partial charge on any atom is -0.380 e. The van der Waals surface area contributed by atoms with Crippen molar-refractivity contribution in [3.63, 3.8) is 0 Å². The van der Waals surface area contributed by atoms with Gasteiger partial charge in [0.05, 0.1) is 11.9 Å². The molecular weight excluding hydrogens is 216 g/mol. The van der Waals surface area contributed by atoms with E-state index in [2.05, 4.69) is 10.0 Å². The van der Waals surface area contributed by atoms with Crippen LogP contribution in [0.1, 0.15) is 19.8 Å². The Bertz CT molecular complexity index is 261. The van der Waals surface area contributed by atoms with Crippen molar-refractivity contribution in [2.24, 2.45) is 0 Å². The largest absolute Gasteiger partial charge is 0.380 e. The zero-order valence-corrected chi connectivity index (χ0v) is 9.98. The van der Waals surface area contributed by atoms with Crippen molar-refractivity contribution in [1.29, 1.82) is 0 Å². The molecular formula is C9H20N2O3S. The second kappa shape index (κ2) is 6.42. The van der Waals surface area contributed by atoms with Crippen LogP contribution in [0.5, 0.6) is 0 Å². The summed E-state index contributed by atoms with van der Waals surface area (Å²) < 4.78 is 31.2. The summed E-state index contributed by atoms with van der Waals surface area (Å²) in [4.78, 5) is 0. The highest BCUT2D eigenvalue weighted by molar-refractivity contribution is 7.90. The SMILES string of the molecule is CCOCCNS(=O)(=O)C1CCNCC1. The van der Waals surface area contributed by atoms with Crippen LogP contribution in [0.3, 0.4) is 0 Å². The molecule has 6 heteroatoms. The first-order valence-corrected chi connectivity index (χ1v) is 6.98. The summed E-state index contributed by atoms with van der Waals surface area (Å²) >= 11 is 0. The van der Waals surface area contributed by atoms with Gasteiger partial charge in [0.25, 0.3) is 0 Å². The molecule has 0 unspecified atom stereocenters. The van der Waals surface area contributed by atoms with Crippen molar-refractivity contribution < 1.29 is 13.2 Å². The molecule has 0 aromatic carbocycles. The monoisotopic (exact) mass is 236 g/mol. The van der Waals surface area contributed by atoms with Crippen LogP contribution >= 0.6 is 0 Å². The molecule has 0 spiro atoms. The fraction of sp³-hybridized carbons (Fsp3) is 1.00. The van der Waals surface area contributed by atoms with E-state index >= 15 is 0 Å². The summed E-state index contributed by atoms with van der Waals surface area (Å²) in [6, 6.07) is 0. The number of hydrogen-bond acceptors (Lipinski definition) is 4. The molecule has 15 heavy (non-hydrogen) atoms. The third kappa shape index (κ3) is 4.46. The molecule has 0 radical (unpaired) electrons. The minimum absolute atomic E-state index is 0.236. The molecule has 0 saturated carbocycles. The van der Waals surface area contributed by atoms with E-state index in [9.17, 15) is 8.42 Å². The second-order valence-corrected chi connectivity index (χ2v) is 5.63. The van der Waals surface area contributed by atoms with Crippen molar-refractivity contribution >= 4 is 10.0 Å². The maximum atomic E-state index is 11.8. The molecule has 0 aliphatic carbocycles. The van der Waals surface area contributed by atoms with Gasteiger partial charge in [-0.15, -0.1) is 0 Å². The van der Waals surface area contributed by atoms with Gasteiger partial charge in [-0.3, -0.25) is 0 Å². The van der Waals surface area contributed by atoms with Gasteiger partial charge in [0.15, 0.2) is 0 Å². The fourth-order valence-corrected chi connectivity index (χ4v) is 3.08. The average Bonchev–Trinajstić information content (AvgIpc) is 2.26. The molecule has 1 rings (SSSR count). The summed E-state index contributed by atoms with van der Waals surface area (Å²) in [6.07, 6.45) is 1.40. The Kier molecular flexibility index (Phi) is 5.52. The lowest BCUT2D eigenvalue weighted by Gasteiger charge is -2.22. The summed E-state index contributed by atoms with van der Waals surface area (Å²) in [5.41, 5.74) is 0. The Morgan fingerprint density at radius 3 is 2.67 bits per heavy atom. The topological polar surface area (TPSA) is 67.4 Å². The number of piperidine rings is 1. The van der Waals surface area contributed by atoms with Crippen molar-refractivity contribution in [3.8, 4) is 0 Å². The van der Waals surface area contributed by atoms with Gasteiger partial charge in [-0.25, -0.2) is 13.1 Å². The van der Waals surface area contributed by atoms with Crippen molar-refractivity contribution in [1.82, 2.24) is 10.0 Å². The van der Waals surface area contributed by atoms with Crippen LogP contribution in [-0.4, -0.2) is 46.5 Å². The van der Waals surface area contributed by atoms with Crippen molar-refractivity contribution in [3.05, 3.63) is 0 Å². The van der Waals surface area contributed by atoms with Gasteiger partial charge >= 0.3 is 0 Å². The summed E-state index contributed by atoms with van der Waals surface area (Å²) in [5.74, 6) is 0. The van der Waals surface area contributed by atoms with E-state index in [4.69, 9.17) is 4.74 Å². The Morgan fingerprint density at radius 1 is 1.40 bits per heavy atom. The Morgan fingerprint density at radius 2 is 2.07 bits per heavy atom. The average molecular weight is 236 g/mol. The molecule has 0 bridgehead atoms. The summed E-state index contributed by atoms with van der Waals surface area (Å²) in [5, 5.41) is 2.91. The molecule has 1 aliphatic heterocycles. The highest BCUT2D eigenvalue weighted by atomic mass is 32.2. The number of hydrogen-bond donors (Lipinski definition) is 2. The standard InChI is InChI=1S/C9H20N2O3S/c1-2-14-8-7-11-15(12,13)9-3-5-10-6-4-9/h9-11H,2-8H2,1H3. The van der Waals surface area contributed by atoms with Crippen LogP contribution in [0.4, 0.5) is 0 Å². The van der Waals surface area contributed by atoms with E-state index in [1.165, 1.54) is 0 Å². The van der Waals surface area contributed by atoms with Gasteiger partial charge in [-0.05, 0) is 32.9 Å². The molecule has 1 aliphatic rings. The summed E-state index contributed by atoms with van der Waals surface area (Å²) in [7, 11) is -3.13. The van der Waals surface area contributed by atoms with Crippen LogP contribution in [0, 0.1) is 0 Å². The van der Waals surface area contributed by atoms with Crippen molar-refractivity contribution in [2.45, 2.75) is 25.0 Å². The molecule has 2 N–H and O–H groups in total. The van der Waals surface area contributed by atoms with Crippen LogP contribution in [0.15, 0.2) is 0 Å².